The summed E-state index contributed by atoms with van der Waals surface area (Å²) < 4.78 is 42.9. The molecule has 8 rings (SSSR count). The molecule has 6 unspecified atom stereocenters. The number of unbranched alkanes of at least 4 members (excludes halogenated alkanes) is 2. The molecule has 0 aromatic heterocycles. The third-order valence-electron chi connectivity index (χ3n) is 13.5. The molecule has 4 aromatic carbocycles. The summed E-state index contributed by atoms with van der Waals surface area (Å²) in [5, 5.41) is 37.3. The van der Waals surface area contributed by atoms with Crippen molar-refractivity contribution in [2.45, 2.75) is 76.2 Å². The summed E-state index contributed by atoms with van der Waals surface area (Å²) in [7, 11) is 3.04. The van der Waals surface area contributed by atoms with E-state index in [4.69, 9.17) is 43.2 Å². The molecule has 1 fully saturated rings. The molecule has 16 heteroatoms. The molecule has 2 aliphatic heterocycles. The van der Waals surface area contributed by atoms with E-state index in [2.05, 4.69) is 24.0 Å². The quantitative estimate of drug-likeness (QED) is 0.0407. The summed E-state index contributed by atoms with van der Waals surface area (Å²) in [5.41, 5.74) is 4.12. The van der Waals surface area contributed by atoms with E-state index in [1.165, 1.54) is 7.11 Å². The van der Waals surface area contributed by atoms with Crippen LogP contribution in [0.5, 0.6) is 34.5 Å². The zero-order chi connectivity index (χ0) is 49.2. The number of methoxy groups -OCH3 is 2. The largest absolute Gasteiger partial charge is 0.497 e. The second-order valence-electron chi connectivity index (χ2n) is 17.6. The molecule has 3 N–H and O–H groups in total. The summed E-state index contributed by atoms with van der Waals surface area (Å²) in [6.07, 6.45) is 7.42. The van der Waals surface area contributed by atoms with Gasteiger partial charge in [0.1, 0.15) is 35.6 Å². The molecule has 0 saturated heterocycles. The van der Waals surface area contributed by atoms with Crippen LogP contribution in [-0.2, 0) is 16.1 Å². The number of nitriles is 1. The smallest absolute Gasteiger partial charge is 0.417 e. The van der Waals surface area contributed by atoms with Gasteiger partial charge in [0.05, 0.1) is 49.8 Å². The normalized spacial score (nSPS) is 22.0. The van der Waals surface area contributed by atoms with Crippen molar-refractivity contribution in [3.05, 3.63) is 125 Å². The summed E-state index contributed by atoms with van der Waals surface area (Å²) in [6, 6.07) is 23.7. The minimum absolute atomic E-state index is 0.0226. The van der Waals surface area contributed by atoms with Crippen molar-refractivity contribution in [1.29, 1.82) is 5.26 Å². The molecule has 0 bridgehead atoms. The summed E-state index contributed by atoms with van der Waals surface area (Å²) in [4.78, 5) is 36.8. The number of ether oxygens (including phenoxy) is 7. The van der Waals surface area contributed by atoms with Crippen LogP contribution in [0.15, 0.2) is 108 Å². The molecular weight excluding hydrogens is 897 g/mol. The molecule has 0 radical (unpaired) electrons. The molecule has 6 atom stereocenters. The van der Waals surface area contributed by atoms with Crippen LogP contribution in [-0.4, -0.2) is 92.1 Å². The molecule has 70 heavy (non-hydrogen) atoms. The summed E-state index contributed by atoms with van der Waals surface area (Å²) in [5.74, 6) is -0.277. The average Bonchev–Trinajstić information content (AvgIpc) is 3.86. The van der Waals surface area contributed by atoms with Gasteiger partial charge in [0.25, 0.3) is 5.91 Å². The Labute approximate surface area is 408 Å². The molecule has 1 saturated carbocycles. The van der Waals surface area contributed by atoms with Gasteiger partial charge >= 0.3 is 6.09 Å². The zero-order valence-electron chi connectivity index (χ0n) is 39.8. The monoisotopic (exact) mass is 956 g/mol. The first-order valence-corrected chi connectivity index (χ1v) is 23.8. The van der Waals surface area contributed by atoms with Crippen molar-refractivity contribution in [3.63, 3.8) is 0 Å². The Hall–Kier alpha value is -7.06. The van der Waals surface area contributed by atoms with Gasteiger partial charge in [-0.25, -0.2) is 4.79 Å². The fourth-order valence-corrected chi connectivity index (χ4v) is 10.4. The van der Waals surface area contributed by atoms with E-state index in [0.29, 0.717) is 77.0 Å². The first kappa shape index (κ1) is 49.4. The first-order valence-electron chi connectivity index (χ1n) is 23.8. The number of nitrogens with one attached hydrogen (secondary N) is 1. The number of oxime groups is 1. The average molecular weight is 957 g/mol. The molecule has 2 heterocycles. The number of benzene rings is 4. The summed E-state index contributed by atoms with van der Waals surface area (Å²) >= 11 is 0. The highest BCUT2D eigenvalue weighted by molar-refractivity contribution is 6.03. The summed E-state index contributed by atoms with van der Waals surface area (Å²) in [6.45, 7) is 6.47. The fourth-order valence-electron chi connectivity index (χ4n) is 10.4. The zero-order valence-corrected chi connectivity index (χ0v) is 39.8. The predicted octanol–water partition coefficient (Wildman–Crippen LogP) is 8.91. The van der Waals surface area contributed by atoms with Crippen LogP contribution in [0.1, 0.15) is 84.8 Å². The highest BCUT2D eigenvalue weighted by Gasteiger charge is 2.65. The van der Waals surface area contributed by atoms with Crippen LogP contribution in [0.4, 0.5) is 10.5 Å². The highest BCUT2D eigenvalue weighted by atomic mass is 16.7. The van der Waals surface area contributed by atoms with Crippen LogP contribution in [0.25, 0.3) is 0 Å². The number of nitrogens with zero attached hydrogens (tertiary/aromatic N) is 3. The number of allylic oxidation sites excluding steroid dienone is 1. The number of carbonyl (C=O) groups is 2. The third-order valence-corrected chi connectivity index (χ3v) is 13.5. The van der Waals surface area contributed by atoms with E-state index in [1.54, 1.807) is 72.7 Å². The number of fused-ring (bicyclic) bond motifs is 3. The van der Waals surface area contributed by atoms with E-state index < -0.39 is 29.8 Å². The Morgan fingerprint density at radius 3 is 2.41 bits per heavy atom. The number of amides is 2. The Balaban J connectivity index is 1.31. The van der Waals surface area contributed by atoms with E-state index in [1.807, 2.05) is 31.2 Å². The maximum atomic E-state index is 15.4. The van der Waals surface area contributed by atoms with Gasteiger partial charge in [0.2, 0.25) is 12.6 Å². The van der Waals surface area contributed by atoms with Crippen molar-refractivity contribution in [3.8, 4) is 40.6 Å². The van der Waals surface area contributed by atoms with Gasteiger partial charge in [-0.05, 0) is 122 Å². The lowest BCUT2D eigenvalue weighted by Gasteiger charge is -2.60. The van der Waals surface area contributed by atoms with E-state index in [0.717, 1.165) is 29.5 Å². The molecular formula is C54H60N4O12. The van der Waals surface area contributed by atoms with Crippen molar-refractivity contribution >= 4 is 23.4 Å². The number of rotatable bonds is 21. The number of aliphatic hydroxyl groups is 2. The molecule has 16 nitrogen and oxygen atoms in total. The number of hydrogen-bond acceptors (Lipinski definition) is 14. The van der Waals surface area contributed by atoms with Crippen LogP contribution in [0.3, 0.4) is 0 Å². The highest BCUT2D eigenvalue weighted by Crippen LogP contribution is 2.62. The van der Waals surface area contributed by atoms with Crippen LogP contribution >= 0.6 is 0 Å². The van der Waals surface area contributed by atoms with Gasteiger partial charge in [0, 0.05) is 49.3 Å². The SMILES string of the molecule is C=CCOC12Oc3ccc(OC(=O)Nc4ccc(OC)cc4OC)cc3C3C(CCCCO)C(CCCCO)C=C(C(=NOCC)CC1N(Cc1ccc4c(c1)OCO4)C(=O)c1ccc(C#N)cc1)C32. The predicted molar refractivity (Wildman–Crippen MR) is 259 cm³/mol. The molecule has 368 valence electrons. The molecule has 4 aromatic rings. The van der Waals surface area contributed by atoms with Crippen molar-refractivity contribution < 1.29 is 57.8 Å². The van der Waals surface area contributed by atoms with Crippen LogP contribution in [0.2, 0.25) is 0 Å². The van der Waals surface area contributed by atoms with Crippen molar-refractivity contribution in [2.75, 3.05) is 52.8 Å². The minimum Gasteiger partial charge on any atom is -0.497 e. The number of aliphatic hydroxyl groups excluding tert-OH is 2. The molecule has 2 aliphatic carbocycles. The number of hydrogen-bond donors (Lipinski definition) is 3. The fraction of sp³-hybridized carbons (Fsp3) is 0.407. The lowest BCUT2D eigenvalue weighted by Crippen LogP contribution is -2.70. The van der Waals surface area contributed by atoms with Gasteiger partial charge < -0.3 is 53.1 Å². The van der Waals surface area contributed by atoms with Gasteiger partial charge in [-0.1, -0.05) is 36.2 Å². The Kier molecular flexibility index (Phi) is 15.9. The van der Waals surface area contributed by atoms with Gasteiger partial charge in [-0.15, -0.1) is 6.58 Å². The standard InChI is InChI=1S/C54H60N4O12/c1-5-25-67-54-49(58(52(61)36-16-13-34(31-55)14-17-36)32-35-15-21-46-48(26-35)66-33-65-46)30-44(57-68-6-2)41-27-37(11-7-9-23-59)40(12-8-10-24-60)50(51(41)54)42-28-39(19-22-45(42)70-54)69-53(62)56-43-20-18-38(63-3)29-47(43)64-4/h5,13-22,26-29,37,40,49-51,59-60H,1,6-12,23-25,30,32-33H2,2-4H3,(H,56,62). The van der Waals surface area contributed by atoms with E-state index in [-0.39, 0.29) is 69.7 Å². The molecule has 4 aliphatic rings. The topological polar surface area (TPSA) is 200 Å². The minimum atomic E-state index is -1.59. The lowest BCUT2D eigenvalue weighted by atomic mass is 9.55. The van der Waals surface area contributed by atoms with E-state index in [9.17, 15) is 20.3 Å². The number of anilines is 1. The Morgan fingerprint density at radius 1 is 0.929 bits per heavy atom. The molecule has 2 amide bonds. The maximum absolute atomic E-state index is 15.4. The second kappa shape index (κ2) is 22.6. The van der Waals surface area contributed by atoms with Crippen LogP contribution in [0, 0.1) is 29.1 Å². The van der Waals surface area contributed by atoms with Crippen molar-refractivity contribution in [2.24, 2.45) is 22.9 Å². The van der Waals surface area contributed by atoms with Gasteiger partial charge in [0.15, 0.2) is 11.5 Å². The van der Waals surface area contributed by atoms with Gasteiger partial charge in [-0.3, -0.25) is 10.1 Å². The maximum Gasteiger partial charge on any atom is 0.417 e. The number of carbonyl (C=O) groups excluding carboxylic acids is 2. The molecule has 0 spiro atoms. The first-order chi connectivity index (χ1) is 34.2. The van der Waals surface area contributed by atoms with Crippen LogP contribution < -0.4 is 33.7 Å². The van der Waals surface area contributed by atoms with Crippen molar-refractivity contribution in [1.82, 2.24) is 4.90 Å². The second-order valence-corrected chi connectivity index (χ2v) is 17.6. The van der Waals surface area contributed by atoms with Gasteiger partial charge in [-0.2, -0.15) is 5.26 Å². The Bertz CT molecular complexity index is 2630. The Morgan fingerprint density at radius 2 is 1.69 bits per heavy atom. The lowest BCUT2D eigenvalue weighted by molar-refractivity contribution is -0.255. The van der Waals surface area contributed by atoms with E-state index >= 15 is 4.79 Å². The third kappa shape index (κ3) is 10.3.